The smallest absolute Gasteiger partial charge is 0.314 e. The van der Waals surface area contributed by atoms with Crippen molar-refractivity contribution < 1.29 is 19.4 Å². The molecule has 4 nitrogen and oxygen atoms in total. The van der Waals surface area contributed by atoms with Gasteiger partial charge in [0.1, 0.15) is 0 Å². The normalized spacial score (nSPS) is 17.0. The quantitative estimate of drug-likeness (QED) is 0.918. The Morgan fingerprint density at radius 3 is 2.15 bits per heavy atom. The van der Waals surface area contributed by atoms with E-state index in [1.165, 1.54) is 0 Å². The highest BCUT2D eigenvalue weighted by molar-refractivity contribution is 5.84. The molecule has 2 rings (SSSR count). The molecule has 20 heavy (non-hydrogen) atoms. The van der Waals surface area contributed by atoms with E-state index in [-0.39, 0.29) is 0 Å². The van der Waals surface area contributed by atoms with Crippen LogP contribution >= 0.6 is 0 Å². The van der Waals surface area contributed by atoms with Crippen molar-refractivity contribution in [2.45, 2.75) is 44.9 Å². The molecule has 0 unspecified atom stereocenters. The fraction of sp³-hybridized carbons (Fsp3) is 0.562. The second kappa shape index (κ2) is 5.35. The fourth-order valence-corrected chi connectivity index (χ4v) is 3.24. The number of aliphatic carboxylic acids is 1. The highest BCUT2D eigenvalue weighted by atomic mass is 16.5. The van der Waals surface area contributed by atoms with Crippen LogP contribution in [0.4, 0.5) is 0 Å². The van der Waals surface area contributed by atoms with Crippen molar-refractivity contribution in [1.29, 1.82) is 0 Å². The molecule has 1 fully saturated rings. The summed E-state index contributed by atoms with van der Waals surface area (Å²) in [7, 11) is 3.16. The lowest BCUT2D eigenvalue weighted by atomic mass is 9.77. The number of rotatable bonds is 4. The molecule has 0 saturated heterocycles. The molecule has 4 heteroatoms. The van der Waals surface area contributed by atoms with Crippen LogP contribution in [0.1, 0.15) is 42.4 Å². The van der Waals surface area contributed by atoms with Crippen LogP contribution in [0.25, 0.3) is 0 Å². The van der Waals surface area contributed by atoms with Crippen LogP contribution < -0.4 is 9.47 Å². The number of hydrogen-bond donors (Lipinski definition) is 1. The third kappa shape index (κ3) is 2.03. The second-order valence-corrected chi connectivity index (χ2v) is 5.53. The van der Waals surface area contributed by atoms with E-state index < -0.39 is 11.4 Å². The van der Waals surface area contributed by atoms with Crippen molar-refractivity contribution in [2.75, 3.05) is 14.2 Å². The van der Waals surface area contributed by atoms with Gasteiger partial charge in [0.05, 0.1) is 19.6 Å². The molecule has 0 radical (unpaired) electrons. The molecule has 1 saturated carbocycles. The number of hydrogen-bond acceptors (Lipinski definition) is 3. The number of carboxylic acid groups (broad SMARTS) is 1. The van der Waals surface area contributed by atoms with Gasteiger partial charge in [-0.2, -0.15) is 0 Å². The maximum atomic E-state index is 11.9. The van der Waals surface area contributed by atoms with E-state index in [9.17, 15) is 9.90 Å². The summed E-state index contributed by atoms with van der Waals surface area (Å²) < 4.78 is 11.0. The zero-order valence-electron chi connectivity index (χ0n) is 12.6. The van der Waals surface area contributed by atoms with Crippen LogP contribution in [-0.4, -0.2) is 25.3 Å². The molecule has 0 aromatic heterocycles. The molecule has 0 bridgehead atoms. The largest absolute Gasteiger partial charge is 0.493 e. The lowest BCUT2D eigenvalue weighted by Gasteiger charge is -2.28. The Balaban J connectivity index is 2.72. The molecule has 0 atom stereocenters. The number of methoxy groups -OCH3 is 2. The summed E-state index contributed by atoms with van der Waals surface area (Å²) in [6, 6.07) is 1.95. The first-order chi connectivity index (χ1) is 9.47. The van der Waals surface area contributed by atoms with Gasteiger partial charge >= 0.3 is 5.97 Å². The summed E-state index contributed by atoms with van der Waals surface area (Å²) in [6.07, 6.45) is 3.18. The minimum Gasteiger partial charge on any atom is -0.493 e. The SMILES string of the molecule is COc1c(C2(C(=O)O)CCCC2)cc(C)c(C)c1OC. The summed E-state index contributed by atoms with van der Waals surface area (Å²) in [5, 5.41) is 9.76. The van der Waals surface area contributed by atoms with Gasteiger partial charge in [-0.25, -0.2) is 0 Å². The van der Waals surface area contributed by atoms with Gasteiger partial charge in [0.15, 0.2) is 11.5 Å². The fourth-order valence-electron chi connectivity index (χ4n) is 3.24. The van der Waals surface area contributed by atoms with Crippen molar-refractivity contribution in [1.82, 2.24) is 0 Å². The first-order valence-electron chi connectivity index (χ1n) is 6.94. The van der Waals surface area contributed by atoms with Crippen LogP contribution in [-0.2, 0) is 10.2 Å². The van der Waals surface area contributed by atoms with Crippen molar-refractivity contribution >= 4 is 5.97 Å². The van der Waals surface area contributed by atoms with Gasteiger partial charge in [0.25, 0.3) is 0 Å². The molecule has 0 heterocycles. The maximum absolute atomic E-state index is 11.9. The van der Waals surface area contributed by atoms with Crippen LogP contribution in [0.3, 0.4) is 0 Å². The molecule has 1 aromatic rings. The van der Waals surface area contributed by atoms with Gasteiger partial charge in [-0.05, 0) is 37.8 Å². The van der Waals surface area contributed by atoms with Gasteiger partial charge < -0.3 is 14.6 Å². The number of aryl methyl sites for hydroxylation is 1. The first kappa shape index (κ1) is 14.7. The van der Waals surface area contributed by atoms with Crippen LogP contribution in [0.15, 0.2) is 6.07 Å². The molecular formula is C16H22O4. The molecule has 1 N–H and O–H groups in total. The number of carbonyl (C=O) groups is 1. The number of benzene rings is 1. The summed E-state index contributed by atoms with van der Waals surface area (Å²) in [5.74, 6) is 0.452. The number of ether oxygens (including phenoxy) is 2. The number of carboxylic acids is 1. The molecule has 110 valence electrons. The van der Waals surface area contributed by atoms with E-state index in [1.54, 1.807) is 14.2 Å². The predicted octanol–water partition coefficient (Wildman–Crippen LogP) is 3.22. The molecule has 1 aromatic carbocycles. The summed E-state index contributed by atoms with van der Waals surface area (Å²) in [6.45, 7) is 3.94. The topological polar surface area (TPSA) is 55.8 Å². The summed E-state index contributed by atoms with van der Waals surface area (Å²) in [4.78, 5) is 11.9. The predicted molar refractivity (Wildman–Crippen MR) is 76.8 cm³/mol. The van der Waals surface area contributed by atoms with E-state index in [4.69, 9.17) is 9.47 Å². The van der Waals surface area contributed by atoms with Gasteiger partial charge in [0, 0.05) is 5.56 Å². The first-order valence-corrected chi connectivity index (χ1v) is 6.94. The minimum atomic E-state index is -0.836. The average molecular weight is 278 g/mol. The molecule has 0 amide bonds. The van der Waals surface area contributed by atoms with Gasteiger partial charge in [-0.1, -0.05) is 18.9 Å². The van der Waals surface area contributed by atoms with E-state index in [0.717, 1.165) is 29.5 Å². The standard InChI is InChI=1S/C16H22O4/c1-10-9-12(14(20-4)13(19-3)11(10)2)16(15(17)18)7-5-6-8-16/h9H,5-8H2,1-4H3,(H,17,18). The lowest BCUT2D eigenvalue weighted by molar-refractivity contribution is -0.143. The van der Waals surface area contributed by atoms with Crippen molar-refractivity contribution in [3.63, 3.8) is 0 Å². The molecule has 0 aliphatic heterocycles. The van der Waals surface area contributed by atoms with Crippen molar-refractivity contribution in [2.24, 2.45) is 0 Å². The van der Waals surface area contributed by atoms with Crippen LogP contribution in [0, 0.1) is 13.8 Å². The van der Waals surface area contributed by atoms with Crippen LogP contribution in [0.2, 0.25) is 0 Å². The van der Waals surface area contributed by atoms with E-state index in [2.05, 4.69) is 0 Å². The Hall–Kier alpha value is -1.71. The zero-order chi connectivity index (χ0) is 14.9. The minimum absolute atomic E-state index is 0.569. The summed E-state index contributed by atoms with van der Waals surface area (Å²) in [5.41, 5.74) is 1.94. The Bertz CT molecular complexity index is 528. The zero-order valence-corrected chi connectivity index (χ0v) is 12.6. The highest BCUT2D eigenvalue weighted by Crippen LogP contribution is 2.49. The lowest BCUT2D eigenvalue weighted by Crippen LogP contribution is -2.33. The third-order valence-corrected chi connectivity index (χ3v) is 4.53. The molecule has 0 spiro atoms. The van der Waals surface area contributed by atoms with Crippen molar-refractivity contribution in [3.8, 4) is 11.5 Å². The average Bonchev–Trinajstić information content (AvgIpc) is 2.91. The Labute approximate surface area is 119 Å². The van der Waals surface area contributed by atoms with Crippen molar-refractivity contribution in [3.05, 3.63) is 22.8 Å². The molecular weight excluding hydrogens is 256 g/mol. The van der Waals surface area contributed by atoms with Crippen LogP contribution in [0.5, 0.6) is 11.5 Å². The second-order valence-electron chi connectivity index (χ2n) is 5.53. The molecule has 1 aliphatic carbocycles. The monoisotopic (exact) mass is 278 g/mol. The van der Waals surface area contributed by atoms with E-state index in [0.29, 0.717) is 24.3 Å². The van der Waals surface area contributed by atoms with E-state index in [1.807, 2.05) is 19.9 Å². The Morgan fingerprint density at radius 1 is 1.15 bits per heavy atom. The molecule has 1 aliphatic rings. The van der Waals surface area contributed by atoms with Gasteiger partial charge in [-0.3, -0.25) is 4.79 Å². The summed E-state index contributed by atoms with van der Waals surface area (Å²) >= 11 is 0. The maximum Gasteiger partial charge on any atom is 0.314 e. The third-order valence-electron chi connectivity index (χ3n) is 4.53. The Kier molecular flexibility index (Phi) is 3.93. The van der Waals surface area contributed by atoms with E-state index >= 15 is 0 Å². The Morgan fingerprint density at radius 2 is 1.70 bits per heavy atom. The van der Waals surface area contributed by atoms with Gasteiger partial charge in [-0.15, -0.1) is 0 Å². The highest BCUT2D eigenvalue weighted by Gasteiger charge is 2.45. The van der Waals surface area contributed by atoms with Gasteiger partial charge in [0.2, 0.25) is 0 Å².